The van der Waals surface area contributed by atoms with Crippen molar-refractivity contribution in [3.8, 4) is 5.75 Å². The first kappa shape index (κ1) is 15.6. The van der Waals surface area contributed by atoms with Gasteiger partial charge >= 0.3 is 0 Å². The van der Waals surface area contributed by atoms with Gasteiger partial charge in [0.1, 0.15) is 5.75 Å². The zero-order chi connectivity index (χ0) is 14.7. The number of benzene rings is 2. The Morgan fingerprint density at radius 1 is 1.05 bits per heavy atom. The molecular formula is C15H14BrCl2NO. The molecule has 0 saturated heterocycles. The molecule has 2 aromatic rings. The van der Waals surface area contributed by atoms with Crippen molar-refractivity contribution in [3.05, 3.63) is 62.0 Å². The predicted octanol–water partition coefficient (Wildman–Crippen LogP) is 5.07. The number of methoxy groups -OCH3 is 1. The van der Waals surface area contributed by atoms with Gasteiger partial charge < -0.3 is 10.1 Å². The van der Waals surface area contributed by atoms with Crippen LogP contribution in [0, 0.1) is 0 Å². The summed E-state index contributed by atoms with van der Waals surface area (Å²) in [5.41, 5.74) is 2.14. The van der Waals surface area contributed by atoms with Crippen LogP contribution < -0.4 is 10.1 Å². The molecule has 1 N–H and O–H groups in total. The van der Waals surface area contributed by atoms with Crippen molar-refractivity contribution in [3.63, 3.8) is 0 Å². The number of halogens is 3. The van der Waals surface area contributed by atoms with Crippen molar-refractivity contribution >= 4 is 39.1 Å². The Labute approximate surface area is 137 Å². The summed E-state index contributed by atoms with van der Waals surface area (Å²) in [5.74, 6) is 0.660. The van der Waals surface area contributed by atoms with Crippen LogP contribution in [0.15, 0.2) is 40.9 Å². The monoisotopic (exact) mass is 373 g/mol. The fraction of sp³-hybridized carbons (Fsp3) is 0.200. The smallest absolute Gasteiger partial charge is 0.137 e. The van der Waals surface area contributed by atoms with E-state index in [1.165, 1.54) is 0 Å². The van der Waals surface area contributed by atoms with Gasteiger partial charge in [-0.1, -0.05) is 35.3 Å². The molecular weight excluding hydrogens is 361 g/mol. The van der Waals surface area contributed by atoms with Crippen LogP contribution in [0.2, 0.25) is 10.0 Å². The van der Waals surface area contributed by atoms with E-state index in [9.17, 15) is 0 Å². The van der Waals surface area contributed by atoms with E-state index in [-0.39, 0.29) is 6.04 Å². The number of rotatable bonds is 4. The van der Waals surface area contributed by atoms with Gasteiger partial charge in [0.2, 0.25) is 0 Å². The lowest BCUT2D eigenvalue weighted by atomic mass is 9.99. The van der Waals surface area contributed by atoms with Crippen molar-refractivity contribution < 1.29 is 4.74 Å². The number of ether oxygens (including phenoxy) is 1. The minimum absolute atomic E-state index is 0.0202. The molecule has 0 aliphatic carbocycles. The summed E-state index contributed by atoms with van der Waals surface area (Å²) in [7, 11) is 3.51. The van der Waals surface area contributed by atoms with E-state index in [1.54, 1.807) is 7.11 Å². The molecule has 0 fully saturated rings. The largest absolute Gasteiger partial charge is 0.495 e. The van der Waals surface area contributed by atoms with E-state index in [2.05, 4.69) is 21.2 Å². The van der Waals surface area contributed by atoms with Gasteiger partial charge in [0.25, 0.3) is 0 Å². The molecule has 0 bridgehead atoms. The Morgan fingerprint density at radius 2 is 1.70 bits per heavy atom. The molecule has 2 aromatic carbocycles. The number of hydrogen-bond acceptors (Lipinski definition) is 2. The molecule has 106 valence electrons. The average molecular weight is 375 g/mol. The normalized spacial score (nSPS) is 12.2. The van der Waals surface area contributed by atoms with E-state index >= 15 is 0 Å². The third kappa shape index (κ3) is 3.29. The Morgan fingerprint density at radius 3 is 2.30 bits per heavy atom. The second kappa shape index (κ2) is 6.81. The maximum Gasteiger partial charge on any atom is 0.137 e. The molecule has 0 aliphatic heterocycles. The third-order valence-electron chi connectivity index (χ3n) is 3.07. The minimum atomic E-state index is 0.0202. The molecule has 0 amide bonds. The van der Waals surface area contributed by atoms with Crippen molar-refractivity contribution in [2.45, 2.75) is 6.04 Å². The maximum absolute atomic E-state index is 6.17. The quantitative estimate of drug-likeness (QED) is 0.806. The Kier molecular flexibility index (Phi) is 5.33. The average Bonchev–Trinajstić information content (AvgIpc) is 2.45. The SMILES string of the molecule is CNC(c1ccc(Br)c(Cl)c1)c1ccc(Cl)c(OC)c1. The van der Waals surface area contributed by atoms with Crippen LogP contribution in [0.4, 0.5) is 0 Å². The third-order valence-corrected chi connectivity index (χ3v) is 4.62. The number of hydrogen-bond donors (Lipinski definition) is 1. The molecule has 0 spiro atoms. The first-order valence-electron chi connectivity index (χ1n) is 6.02. The predicted molar refractivity (Wildman–Crippen MR) is 88.1 cm³/mol. The maximum atomic E-state index is 6.17. The van der Waals surface area contributed by atoms with Crippen LogP contribution in [0.3, 0.4) is 0 Å². The lowest BCUT2D eigenvalue weighted by Gasteiger charge is -2.19. The minimum Gasteiger partial charge on any atom is -0.495 e. The van der Waals surface area contributed by atoms with E-state index in [0.717, 1.165) is 15.6 Å². The van der Waals surface area contributed by atoms with Crippen LogP contribution in [0.5, 0.6) is 5.75 Å². The van der Waals surface area contributed by atoms with E-state index in [0.29, 0.717) is 15.8 Å². The van der Waals surface area contributed by atoms with Crippen LogP contribution in [-0.4, -0.2) is 14.2 Å². The zero-order valence-electron chi connectivity index (χ0n) is 11.1. The molecule has 0 radical (unpaired) electrons. The molecule has 0 heterocycles. The van der Waals surface area contributed by atoms with Gasteiger partial charge in [0.05, 0.1) is 23.2 Å². The van der Waals surface area contributed by atoms with Gasteiger partial charge in [0, 0.05) is 4.47 Å². The molecule has 1 unspecified atom stereocenters. The van der Waals surface area contributed by atoms with Gasteiger partial charge in [-0.25, -0.2) is 0 Å². The first-order chi connectivity index (χ1) is 9.56. The molecule has 1 atom stereocenters. The summed E-state index contributed by atoms with van der Waals surface area (Å²) >= 11 is 15.6. The summed E-state index contributed by atoms with van der Waals surface area (Å²) < 4.78 is 6.15. The summed E-state index contributed by atoms with van der Waals surface area (Å²) in [6, 6.07) is 11.7. The highest BCUT2D eigenvalue weighted by molar-refractivity contribution is 9.10. The molecule has 2 nitrogen and oxygen atoms in total. The number of nitrogens with one attached hydrogen (secondary N) is 1. The highest BCUT2D eigenvalue weighted by Crippen LogP contribution is 2.32. The van der Waals surface area contributed by atoms with Crippen molar-refractivity contribution in [2.75, 3.05) is 14.2 Å². The van der Waals surface area contributed by atoms with E-state index in [4.69, 9.17) is 27.9 Å². The molecule has 0 aromatic heterocycles. The molecule has 2 rings (SSSR count). The van der Waals surface area contributed by atoms with Gasteiger partial charge in [-0.15, -0.1) is 0 Å². The van der Waals surface area contributed by atoms with Gasteiger partial charge in [0.15, 0.2) is 0 Å². The second-order valence-corrected chi connectivity index (χ2v) is 5.96. The fourth-order valence-corrected chi connectivity index (χ4v) is 2.70. The van der Waals surface area contributed by atoms with Gasteiger partial charge in [-0.05, 0) is 58.4 Å². The van der Waals surface area contributed by atoms with Crippen molar-refractivity contribution in [2.24, 2.45) is 0 Å². The van der Waals surface area contributed by atoms with Gasteiger partial charge in [-0.3, -0.25) is 0 Å². The summed E-state index contributed by atoms with van der Waals surface area (Å²) in [4.78, 5) is 0. The Balaban J connectivity index is 2.43. The van der Waals surface area contributed by atoms with Crippen LogP contribution in [0.25, 0.3) is 0 Å². The summed E-state index contributed by atoms with van der Waals surface area (Å²) in [6.07, 6.45) is 0. The summed E-state index contributed by atoms with van der Waals surface area (Å²) in [6.45, 7) is 0. The van der Waals surface area contributed by atoms with Crippen molar-refractivity contribution in [1.82, 2.24) is 5.32 Å². The molecule has 0 aliphatic rings. The fourth-order valence-electron chi connectivity index (χ4n) is 2.07. The van der Waals surface area contributed by atoms with Crippen LogP contribution >= 0.6 is 39.1 Å². The zero-order valence-corrected chi connectivity index (χ0v) is 14.2. The van der Waals surface area contributed by atoms with Crippen molar-refractivity contribution in [1.29, 1.82) is 0 Å². The lowest BCUT2D eigenvalue weighted by molar-refractivity contribution is 0.414. The highest BCUT2D eigenvalue weighted by atomic mass is 79.9. The second-order valence-electron chi connectivity index (χ2n) is 4.29. The van der Waals surface area contributed by atoms with Crippen LogP contribution in [-0.2, 0) is 0 Å². The molecule has 20 heavy (non-hydrogen) atoms. The van der Waals surface area contributed by atoms with Crippen LogP contribution in [0.1, 0.15) is 17.2 Å². The first-order valence-corrected chi connectivity index (χ1v) is 7.57. The standard InChI is InChI=1S/C15H14BrCl2NO/c1-19-15(9-3-5-11(16)13(18)7-9)10-4-6-12(17)14(8-10)20-2/h3-8,15,19H,1-2H3. The molecule has 0 saturated carbocycles. The molecule has 5 heteroatoms. The van der Waals surface area contributed by atoms with E-state index in [1.807, 2.05) is 43.4 Å². The Hall–Kier alpha value is -0.740. The topological polar surface area (TPSA) is 21.3 Å². The Bertz CT molecular complexity index is 619. The summed E-state index contributed by atoms with van der Waals surface area (Å²) in [5, 5.41) is 4.56. The van der Waals surface area contributed by atoms with E-state index < -0.39 is 0 Å². The van der Waals surface area contributed by atoms with Gasteiger partial charge in [-0.2, -0.15) is 0 Å². The lowest BCUT2D eigenvalue weighted by Crippen LogP contribution is -2.17. The highest BCUT2D eigenvalue weighted by Gasteiger charge is 2.15.